The molecule has 4 rings (SSSR count). The number of nitrogens with zero attached hydrogens (tertiary/aromatic N) is 1. The summed E-state index contributed by atoms with van der Waals surface area (Å²) in [4.78, 5) is 27.4. The van der Waals surface area contributed by atoms with Crippen LogP contribution < -0.4 is 14.2 Å². The molecule has 3 aromatic rings. The summed E-state index contributed by atoms with van der Waals surface area (Å²) in [5.74, 6) is 0.710. The Morgan fingerprint density at radius 3 is 2.29 bits per heavy atom. The van der Waals surface area contributed by atoms with Crippen molar-refractivity contribution in [1.29, 1.82) is 0 Å². The molecule has 9 heteroatoms. The molecule has 1 aliphatic heterocycles. The number of hydrogen-bond acceptors (Lipinski definition) is 9. The number of rotatable bonds is 14. The zero-order valence-corrected chi connectivity index (χ0v) is 24.6. The van der Waals surface area contributed by atoms with E-state index >= 15 is 0 Å². The van der Waals surface area contributed by atoms with Gasteiger partial charge in [-0.25, -0.2) is 4.79 Å². The zero-order chi connectivity index (χ0) is 30.1. The SMILES string of the molecule is COC(=O)c1cc(C(=O)CN(CCCC2CCC(c3cc(OC)c(OC)c(OC)c3)O2)Cc2ccccc2)ccc1O. The molecule has 9 nitrogen and oxygen atoms in total. The minimum Gasteiger partial charge on any atom is -0.507 e. The van der Waals surface area contributed by atoms with Crippen molar-refractivity contribution in [1.82, 2.24) is 4.90 Å². The Bertz CT molecular complexity index is 1330. The highest BCUT2D eigenvalue weighted by atomic mass is 16.5. The van der Waals surface area contributed by atoms with Crippen LogP contribution in [0.5, 0.6) is 23.0 Å². The molecule has 0 spiro atoms. The fourth-order valence-electron chi connectivity index (χ4n) is 5.33. The summed E-state index contributed by atoms with van der Waals surface area (Å²) in [6, 6.07) is 18.1. The van der Waals surface area contributed by atoms with Gasteiger partial charge >= 0.3 is 5.97 Å². The highest BCUT2D eigenvalue weighted by Gasteiger charge is 2.28. The molecule has 224 valence electrons. The molecule has 1 aliphatic rings. The number of Topliss-reactive ketones (excluding diaryl/α,β-unsaturated/α-hetero) is 1. The predicted molar refractivity (Wildman–Crippen MR) is 158 cm³/mol. The monoisotopic (exact) mass is 577 g/mol. The summed E-state index contributed by atoms with van der Waals surface area (Å²) in [5.41, 5.74) is 2.41. The van der Waals surface area contributed by atoms with Gasteiger partial charge in [-0.05, 0) is 73.7 Å². The first kappa shape index (κ1) is 30.9. The Balaban J connectivity index is 1.39. The Morgan fingerprint density at radius 2 is 1.64 bits per heavy atom. The van der Waals surface area contributed by atoms with Crippen LogP contribution in [0.1, 0.15) is 63.6 Å². The van der Waals surface area contributed by atoms with Crippen LogP contribution >= 0.6 is 0 Å². The Hall–Kier alpha value is -4.08. The molecule has 0 aliphatic carbocycles. The number of esters is 1. The first-order valence-electron chi connectivity index (χ1n) is 14.0. The molecule has 2 atom stereocenters. The number of hydrogen-bond donors (Lipinski definition) is 1. The lowest BCUT2D eigenvalue weighted by Crippen LogP contribution is -2.31. The van der Waals surface area contributed by atoms with Gasteiger partial charge in [0.15, 0.2) is 17.3 Å². The van der Waals surface area contributed by atoms with E-state index < -0.39 is 5.97 Å². The minimum absolute atomic E-state index is 0.0296. The molecular formula is C33H39NO8. The van der Waals surface area contributed by atoms with Crippen molar-refractivity contribution in [2.24, 2.45) is 0 Å². The van der Waals surface area contributed by atoms with Gasteiger partial charge in [-0.2, -0.15) is 0 Å². The molecule has 0 bridgehead atoms. The van der Waals surface area contributed by atoms with E-state index in [1.54, 1.807) is 21.3 Å². The average molecular weight is 578 g/mol. The standard InChI is InChI=1S/C33H39NO8/c1-38-30-18-24(19-31(39-2)32(30)40-3)29-15-13-25(42-29)11-8-16-34(20-22-9-6-5-7-10-22)21-28(36)23-12-14-27(35)26(17-23)33(37)41-4/h5-7,9-10,12,14,17-19,25,29,35H,8,11,13,15-16,20-21H2,1-4H3. The first-order chi connectivity index (χ1) is 20.4. The maximum absolute atomic E-state index is 13.3. The van der Waals surface area contributed by atoms with Gasteiger partial charge in [0.1, 0.15) is 11.3 Å². The number of carbonyl (C=O) groups excluding carboxylic acids is 2. The molecule has 1 heterocycles. The molecule has 1 fully saturated rings. The van der Waals surface area contributed by atoms with E-state index in [0.29, 0.717) is 35.9 Å². The fraction of sp³-hybridized carbons (Fsp3) is 0.394. The lowest BCUT2D eigenvalue weighted by molar-refractivity contribution is 0.0369. The smallest absolute Gasteiger partial charge is 0.341 e. The molecule has 0 amide bonds. The Labute approximate surface area is 246 Å². The zero-order valence-electron chi connectivity index (χ0n) is 24.6. The second kappa shape index (κ2) is 14.7. The van der Waals surface area contributed by atoms with Crippen LogP contribution in [-0.2, 0) is 16.0 Å². The lowest BCUT2D eigenvalue weighted by Gasteiger charge is -2.23. The third kappa shape index (κ3) is 7.60. The van der Waals surface area contributed by atoms with Crippen molar-refractivity contribution in [3.05, 3.63) is 82.9 Å². The van der Waals surface area contributed by atoms with Crippen molar-refractivity contribution in [3.63, 3.8) is 0 Å². The maximum Gasteiger partial charge on any atom is 0.341 e. The van der Waals surface area contributed by atoms with E-state index in [2.05, 4.69) is 4.90 Å². The summed E-state index contributed by atoms with van der Waals surface area (Å²) in [5, 5.41) is 10.0. The third-order valence-electron chi connectivity index (χ3n) is 7.51. The van der Waals surface area contributed by atoms with Crippen molar-refractivity contribution in [3.8, 4) is 23.0 Å². The minimum atomic E-state index is -0.690. The quantitative estimate of drug-likeness (QED) is 0.194. The topological polar surface area (TPSA) is 104 Å². The summed E-state index contributed by atoms with van der Waals surface area (Å²) in [7, 11) is 6.02. The van der Waals surface area contributed by atoms with Crippen LogP contribution in [0.4, 0.5) is 0 Å². The molecule has 1 N–H and O–H groups in total. The van der Waals surface area contributed by atoms with Gasteiger partial charge in [0, 0.05) is 12.1 Å². The average Bonchev–Trinajstić information content (AvgIpc) is 3.49. The maximum atomic E-state index is 13.3. The molecular weight excluding hydrogens is 538 g/mol. The van der Waals surface area contributed by atoms with Crippen molar-refractivity contribution in [2.75, 3.05) is 41.5 Å². The van der Waals surface area contributed by atoms with E-state index in [1.807, 2.05) is 42.5 Å². The van der Waals surface area contributed by atoms with Crippen LogP contribution in [0.2, 0.25) is 0 Å². The summed E-state index contributed by atoms with van der Waals surface area (Å²) < 4.78 is 27.6. The van der Waals surface area contributed by atoms with Gasteiger partial charge in [-0.15, -0.1) is 0 Å². The van der Waals surface area contributed by atoms with Gasteiger partial charge in [0.2, 0.25) is 5.75 Å². The number of methoxy groups -OCH3 is 4. The number of ketones is 1. The van der Waals surface area contributed by atoms with Gasteiger partial charge in [0.05, 0.1) is 47.2 Å². The summed E-state index contributed by atoms with van der Waals surface area (Å²) in [6.45, 7) is 1.46. The van der Waals surface area contributed by atoms with E-state index in [0.717, 1.165) is 36.8 Å². The number of phenols is 1. The first-order valence-corrected chi connectivity index (χ1v) is 14.0. The highest BCUT2D eigenvalue weighted by molar-refractivity contribution is 6.01. The third-order valence-corrected chi connectivity index (χ3v) is 7.51. The molecule has 0 radical (unpaired) electrons. The van der Waals surface area contributed by atoms with Gasteiger partial charge < -0.3 is 28.8 Å². The second-order valence-corrected chi connectivity index (χ2v) is 10.3. The summed E-state index contributed by atoms with van der Waals surface area (Å²) >= 11 is 0. The number of carbonyl (C=O) groups is 2. The van der Waals surface area contributed by atoms with E-state index in [-0.39, 0.29) is 35.8 Å². The molecule has 42 heavy (non-hydrogen) atoms. The van der Waals surface area contributed by atoms with E-state index in [4.69, 9.17) is 23.7 Å². The van der Waals surface area contributed by atoms with E-state index in [9.17, 15) is 14.7 Å². The number of aromatic hydroxyl groups is 1. The van der Waals surface area contributed by atoms with Crippen LogP contribution in [0.3, 0.4) is 0 Å². The largest absolute Gasteiger partial charge is 0.507 e. The number of benzene rings is 3. The lowest BCUT2D eigenvalue weighted by atomic mass is 10.0. The molecule has 0 saturated carbocycles. The Kier molecular flexibility index (Phi) is 10.8. The molecule has 2 unspecified atom stereocenters. The highest BCUT2D eigenvalue weighted by Crippen LogP contribution is 2.43. The molecule has 1 saturated heterocycles. The van der Waals surface area contributed by atoms with Gasteiger partial charge in [-0.3, -0.25) is 9.69 Å². The van der Waals surface area contributed by atoms with Crippen LogP contribution in [0.15, 0.2) is 60.7 Å². The van der Waals surface area contributed by atoms with Crippen molar-refractivity contribution >= 4 is 11.8 Å². The van der Waals surface area contributed by atoms with Gasteiger partial charge in [-0.1, -0.05) is 30.3 Å². The van der Waals surface area contributed by atoms with Crippen LogP contribution in [0.25, 0.3) is 0 Å². The van der Waals surface area contributed by atoms with Crippen molar-refractivity contribution in [2.45, 2.75) is 44.4 Å². The molecule has 3 aromatic carbocycles. The number of ether oxygens (including phenoxy) is 5. The number of phenolic OH excluding ortho intramolecular Hbond substituents is 1. The van der Waals surface area contributed by atoms with Gasteiger partial charge in [0.25, 0.3) is 0 Å². The normalized spacial score (nSPS) is 16.3. The predicted octanol–water partition coefficient (Wildman–Crippen LogP) is 5.59. The van der Waals surface area contributed by atoms with Crippen LogP contribution in [-0.4, -0.2) is 69.4 Å². The van der Waals surface area contributed by atoms with E-state index in [1.165, 1.54) is 25.3 Å². The Morgan fingerprint density at radius 1 is 0.929 bits per heavy atom. The fourth-order valence-corrected chi connectivity index (χ4v) is 5.33. The van der Waals surface area contributed by atoms with Crippen LogP contribution in [0, 0.1) is 0 Å². The summed E-state index contributed by atoms with van der Waals surface area (Å²) in [6.07, 6.45) is 3.55. The van der Waals surface area contributed by atoms with Crippen molar-refractivity contribution < 1.29 is 38.4 Å². The second-order valence-electron chi connectivity index (χ2n) is 10.3. The molecule has 0 aromatic heterocycles.